The number of carbonyl (C=O) groups is 1. The number of aryl methyl sites for hydroxylation is 2. The summed E-state index contributed by atoms with van der Waals surface area (Å²) in [4.78, 5) is 18.9. The number of aromatic nitrogens is 2. The van der Waals surface area contributed by atoms with Gasteiger partial charge in [-0.2, -0.15) is 5.26 Å². The largest absolute Gasteiger partial charge is 0.427 e. The predicted octanol–water partition coefficient (Wildman–Crippen LogP) is 0.917. The summed E-state index contributed by atoms with van der Waals surface area (Å²) in [7, 11) is 0. The number of hydrogen-bond donors (Lipinski definition) is 1. The van der Waals surface area contributed by atoms with E-state index in [1.807, 2.05) is 6.07 Å². The molecule has 0 aromatic carbocycles. The molecule has 0 aliphatic carbocycles. The number of hydrogen-bond acceptors (Lipinski definition) is 6. The molecule has 0 aliphatic heterocycles. The maximum atomic E-state index is 11.0. The molecule has 86 valence electrons. The Hall–Kier alpha value is -2.62. The molecule has 0 atom stereocenters. The second-order valence-electron chi connectivity index (χ2n) is 3.34. The van der Waals surface area contributed by atoms with Gasteiger partial charge in [-0.05, 0) is 13.8 Å². The zero-order valence-electron chi connectivity index (χ0n) is 9.14. The van der Waals surface area contributed by atoms with Gasteiger partial charge in [0.2, 0.25) is 11.5 Å². The molecule has 0 aliphatic rings. The molecular formula is C10H8N4O3. The molecule has 2 aromatic rings. The van der Waals surface area contributed by atoms with Crippen molar-refractivity contribution in [3.8, 4) is 17.9 Å². The van der Waals surface area contributed by atoms with E-state index >= 15 is 0 Å². The van der Waals surface area contributed by atoms with Crippen molar-refractivity contribution in [2.75, 3.05) is 0 Å². The molecular weight excluding hydrogens is 224 g/mol. The third-order valence-corrected chi connectivity index (χ3v) is 2.10. The highest BCUT2D eigenvalue weighted by Gasteiger charge is 2.20. The van der Waals surface area contributed by atoms with Crippen LogP contribution in [0.1, 0.15) is 27.7 Å². The molecule has 0 bridgehead atoms. The summed E-state index contributed by atoms with van der Waals surface area (Å²) in [6.45, 7) is 3.20. The van der Waals surface area contributed by atoms with Gasteiger partial charge < -0.3 is 14.6 Å². The molecule has 0 unspecified atom stereocenters. The zero-order valence-corrected chi connectivity index (χ0v) is 9.14. The third-order valence-electron chi connectivity index (χ3n) is 2.10. The van der Waals surface area contributed by atoms with E-state index in [1.165, 1.54) is 0 Å². The van der Waals surface area contributed by atoms with Crippen LogP contribution in [0.3, 0.4) is 0 Å². The van der Waals surface area contributed by atoms with Crippen molar-refractivity contribution < 1.29 is 13.6 Å². The average Bonchev–Trinajstić information content (AvgIpc) is 2.81. The molecule has 7 nitrogen and oxygen atoms in total. The summed E-state index contributed by atoms with van der Waals surface area (Å²) >= 11 is 0. The normalized spacial score (nSPS) is 10.2. The Morgan fingerprint density at radius 1 is 1.24 bits per heavy atom. The van der Waals surface area contributed by atoms with Crippen LogP contribution in [0.25, 0.3) is 11.8 Å². The number of oxazole rings is 2. The second kappa shape index (κ2) is 3.75. The quantitative estimate of drug-likeness (QED) is 0.821. The van der Waals surface area contributed by atoms with Crippen LogP contribution in [-0.2, 0) is 0 Å². The highest BCUT2D eigenvalue weighted by molar-refractivity contribution is 5.91. The number of nitrogens with two attached hydrogens (primary N) is 1. The SMILES string of the molecule is Cc1nc(-c2nc(C)c(C(N)=O)o2)oc1C#N. The fourth-order valence-corrected chi connectivity index (χ4v) is 1.31. The van der Waals surface area contributed by atoms with Crippen molar-refractivity contribution in [3.05, 3.63) is 22.9 Å². The lowest BCUT2D eigenvalue weighted by Gasteiger charge is -1.86. The van der Waals surface area contributed by atoms with Crippen LogP contribution in [0.5, 0.6) is 0 Å². The molecule has 0 saturated heterocycles. The number of nitrogens with zero attached hydrogens (tertiary/aromatic N) is 3. The lowest BCUT2D eigenvalue weighted by Crippen LogP contribution is -2.10. The van der Waals surface area contributed by atoms with E-state index in [0.29, 0.717) is 11.4 Å². The number of nitriles is 1. The Labute approximate surface area is 95.9 Å². The Kier molecular flexibility index (Phi) is 2.40. The summed E-state index contributed by atoms with van der Waals surface area (Å²) < 4.78 is 10.2. The van der Waals surface area contributed by atoms with E-state index < -0.39 is 5.91 Å². The van der Waals surface area contributed by atoms with Gasteiger partial charge in [-0.25, -0.2) is 9.97 Å². The maximum Gasteiger partial charge on any atom is 0.286 e. The van der Waals surface area contributed by atoms with Crippen molar-refractivity contribution in [1.29, 1.82) is 5.26 Å². The minimum atomic E-state index is -0.718. The van der Waals surface area contributed by atoms with Gasteiger partial charge in [-0.1, -0.05) is 0 Å². The second-order valence-corrected chi connectivity index (χ2v) is 3.34. The van der Waals surface area contributed by atoms with E-state index in [4.69, 9.17) is 19.8 Å². The van der Waals surface area contributed by atoms with Gasteiger partial charge in [0.15, 0.2) is 0 Å². The first-order valence-corrected chi connectivity index (χ1v) is 4.68. The van der Waals surface area contributed by atoms with E-state index in [9.17, 15) is 4.79 Å². The molecule has 2 N–H and O–H groups in total. The maximum absolute atomic E-state index is 11.0. The zero-order chi connectivity index (χ0) is 12.6. The Morgan fingerprint density at radius 3 is 2.29 bits per heavy atom. The number of rotatable bonds is 2. The molecule has 0 fully saturated rings. The topological polar surface area (TPSA) is 119 Å². The van der Waals surface area contributed by atoms with Gasteiger partial charge >= 0.3 is 0 Å². The Morgan fingerprint density at radius 2 is 1.82 bits per heavy atom. The van der Waals surface area contributed by atoms with Crippen molar-refractivity contribution >= 4 is 5.91 Å². The van der Waals surface area contributed by atoms with E-state index in [-0.39, 0.29) is 23.3 Å². The average molecular weight is 232 g/mol. The molecule has 0 radical (unpaired) electrons. The standard InChI is InChI=1S/C10H8N4O3/c1-4-6(3-11)16-9(13-4)10-14-5(2)7(17-10)8(12)15/h1-2H3,(H2,12,15). The molecule has 0 spiro atoms. The van der Waals surface area contributed by atoms with Crippen LogP contribution in [0, 0.1) is 25.2 Å². The Bertz CT molecular complexity index is 633. The summed E-state index contributed by atoms with van der Waals surface area (Å²) in [6, 6.07) is 1.84. The van der Waals surface area contributed by atoms with Gasteiger partial charge in [0.1, 0.15) is 6.07 Å². The van der Waals surface area contributed by atoms with Gasteiger partial charge in [-0.3, -0.25) is 4.79 Å². The molecule has 7 heteroatoms. The summed E-state index contributed by atoms with van der Waals surface area (Å²) in [5.41, 5.74) is 5.87. The van der Waals surface area contributed by atoms with Crippen LogP contribution in [-0.4, -0.2) is 15.9 Å². The van der Waals surface area contributed by atoms with Crippen molar-refractivity contribution in [2.24, 2.45) is 5.73 Å². The summed E-state index contributed by atoms with van der Waals surface area (Å²) in [5, 5.41) is 8.72. The summed E-state index contributed by atoms with van der Waals surface area (Å²) in [6.07, 6.45) is 0. The molecule has 1 amide bonds. The first kappa shape index (κ1) is 10.9. The predicted molar refractivity (Wildman–Crippen MR) is 54.7 cm³/mol. The molecule has 2 rings (SSSR count). The smallest absolute Gasteiger partial charge is 0.286 e. The van der Waals surface area contributed by atoms with Crippen LogP contribution in [0.2, 0.25) is 0 Å². The van der Waals surface area contributed by atoms with E-state index in [2.05, 4.69) is 9.97 Å². The highest BCUT2D eigenvalue weighted by atomic mass is 16.4. The first-order valence-electron chi connectivity index (χ1n) is 4.68. The number of amides is 1. The summed E-state index contributed by atoms with van der Waals surface area (Å²) in [5.74, 6) is -0.605. The first-order chi connectivity index (χ1) is 8.02. The fraction of sp³-hybridized carbons (Fsp3) is 0.200. The Balaban J connectivity index is 2.50. The van der Waals surface area contributed by atoms with Crippen molar-refractivity contribution in [3.63, 3.8) is 0 Å². The van der Waals surface area contributed by atoms with Gasteiger partial charge in [0.05, 0.1) is 11.4 Å². The minimum Gasteiger partial charge on any atom is -0.427 e. The highest BCUT2D eigenvalue weighted by Crippen LogP contribution is 2.22. The van der Waals surface area contributed by atoms with Crippen LogP contribution >= 0.6 is 0 Å². The number of carbonyl (C=O) groups excluding carboxylic acids is 1. The number of primary amides is 1. The van der Waals surface area contributed by atoms with Crippen molar-refractivity contribution in [2.45, 2.75) is 13.8 Å². The lowest BCUT2D eigenvalue weighted by molar-refractivity contribution is 0.0973. The fourth-order valence-electron chi connectivity index (χ4n) is 1.31. The molecule has 0 saturated carbocycles. The van der Waals surface area contributed by atoms with Gasteiger partial charge in [0.25, 0.3) is 17.7 Å². The molecule has 2 aromatic heterocycles. The van der Waals surface area contributed by atoms with E-state index in [1.54, 1.807) is 13.8 Å². The monoisotopic (exact) mass is 232 g/mol. The van der Waals surface area contributed by atoms with Crippen LogP contribution < -0.4 is 5.73 Å². The van der Waals surface area contributed by atoms with E-state index in [0.717, 1.165) is 0 Å². The lowest BCUT2D eigenvalue weighted by atomic mass is 10.4. The van der Waals surface area contributed by atoms with Crippen molar-refractivity contribution in [1.82, 2.24) is 9.97 Å². The van der Waals surface area contributed by atoms with Crippen LogP contribution in [0.4, 0.5) is 0 Å². The minimum absolute atomic E-state index is 0.0286. The van der Waals surface area contributed by atoms with Gasteiger partial charge in [0, 0.05) is 0 Å². The van der Waals surface area contributed by atoms with Crippen LogP contribution in [0.15, 0.2) is 8.83 Å². The van der Waals surface area contributed by atoms with Gasteiger partial charge in [-0.15, -0.1) is 0 Å². The third kappa shape index (κ3) is 1.76. The molecule has 17 heavy (non-hydrogen) atoms. The molecule has 2 heterocycles.